The molecule has 0 atom stereocenters. The molecule has 0 bridgehead atoms. The molecule has 0 saturated heterocycles. The van der Waals surface area contributed by atoms with Crippen molar-refractivity contribution in [1.29, 1.82) is 0 Å². The minimum atomic E-state index is -3.41. The van der Waals surface area contributed by atoms with Gasteiger partial charge in [0.1, 0.15) is 0 Å². The van der Waals surface area contributed by atoms with Gasteiger partial charge < -0.3 is 11.1 Å². The number of nitrogens with one attached hydrogen (secondary N) is 1. The molecule has 0 aliphatic carbocycles. The van der Waals surface area contributed by atoms with Crippen molar-refractivity contribution in [3.8, 4) is 0 Å². The average molecular weight is 474 g/mol. The molecule has 25 heavy (non-hydrogen) atoms. The Hall–Kier alpha value is -1.65. The zero-order valence-corrected chi connectivity index (χ0v) is 17.6. The molecule has 0 aromatic heterocycles. The third kappa shape index (κ3) is 5.98. The van der Waals surface area contributed by atoms with Crippen LogP contribution < -0.4 is 11.1 Å². The molecule has 3 N–H and O–H groups in total. The minimum absolute atomic E-state index is 0. The number of halogens is 1. The third-order valence-electron chi connectivity index (χ3n) is 3.42. The highest BCUT2D eigenvalue weighted by Crippen LogP contribution is 2.14. The number of sulfonamides is 1. The Kier molecular flexibility index (Phi) is 7.84. The molecular formula is C17H23IN4O2S. The van der Waals surface area contributed by atoms with Crippen LogP contribution >= 0.6 is 24.0 Å². The number of hydrogen-bond donors (Lipinski definition) is 2. The first-order chi connectivity index (χ1) is 11.3. The van der Waals surface area contributed by atoms with Crippen LogP contribution in [-0.4, -0.2) is 32.8 Å². The third-order valence-corrected chi connectivity index (χ3v) is 5.25. The molecule has 0 amide bonds. The lowest BCUT2D eigenvalue weighted by atomic mass is 10.2. The predicted octanol–water partition coefficient (Wildman–Crippen LogP) is 2.79. The summed E-state index contributed by atoms with van der Waals surface area (Å²) in [6.45, 7) is 2.37. The molecule has 0 aliphatic heterocycles. The number of anilines is 1. The van der Waals surface area contributed by atoms with E-state index in [0.29, 0.717) is 12.5 Å². The monoisotopic (exact) mass is 474 g/mol. The van der Waals surface area contributed by atoms with Gasteiger partial charge in [0.15, 0.2) is 5.96 Å². The lowest BCUT2D eigenvalue weighted by molar-refractivity contribution is 0.520. The summed E-state index contributed by atoms with van der Waals surface area (Å²) >= 11 is 0. The van der Waals surface area contributed by atoms with Gasteiger partial charge in [0.25, 0.3) is 0 Å². The zero-order chi connectivity index (χ0) is 17.7. The first-order valence-electron chi connectivity index (χ1n) is 7.44. The number of rotatable bonds is 5. The van der Waals surface area contributed by atoms with E-state index in [-0.39, 0.29) is 28.9 Å². The molecule has 2 aromatic carbocycles. The van der Waals surface area contributed by atoms with E-state index in [1.165, 1.54) is 18.4 Å². The van der Waals surface area contributed by atoms with Gasteiger partial charge in [-0.2, -0.15) is 0 Å². The van der Waals surface area contributed by atoms with Gasteiger partial charge in [0.2, 0.25) is 10.0 Å². The molecule has 0 aliphatic rings. The molecule has 0 spiro atoms. The van der Waals surface area contributed by atoms with Crippen molar-refractivity contribution in [2.75, 3.05) is 19.4 Å². The van der Waals surface area contributed by atoms with Crippen LogP contribution in [0.15, 0.2) is 58.4 Å². The Morgan fingerprint density at radius 3 is 2.36 bits per heavy atom. The van der Waals surface area contributed by atoms with Crippen LogP contribution in [0.1, 0.15) is 11.1 Å². The normalized spacial score (nSPS) is 11.9. The lowest BCUT2D eigenvalue weighted by Gasteiger charge is -2.11. The van der Waals surface area contributed by atoms with Gasteiger partial charge in [-0.25, -0.2) is 17.7 Å². The van der Waals surface area contributed by atoms with Gasteiger partial charge in [-0.3, -0.25) is 0 Å². The van der Waals surface area contributed by atoms with Crippen molar-refractivity contribution in [2.45, 2.75) is 18.4 Å². The largest absolute Gasteiger partial charge is 0.370 e. The smallest absolute Gasteiger partial charge is 0.242 e. The SMILES string of the molecule is Cc1cccc(NC(N)=NCc2ccc(S(=O)(=O)N(C)C)cc2)c1.I. The molecule has 6 nitrogen and oxygen atoms in total. The van der Waals surface area contributed by atoms with Crippen molar-refractivity contribution >= 4 is 45.6 Å². The predicted molar refractivity (Wildman–Crippen MR) is 113 cm³/mol. The fourth-order valence-electron chi connectivity index (χ4n) is 2.06. The van der Waals surface area contributed by atoms with Crippen LogP contribution in [0, 0.1) is 6.92 Å². The summed E-state index contributed by atoms with van der Waals surface area (Å²) in [5.74, 6) is 0.311. The van der Waals surface area contributed by atoms with Gasteiger partial charge in [-0.05, 0) is 42.3 Å². The Balaban J connectivity index is 0.00000312. The number of nitrogens with zero attached hydrogens (tertiary/aromatic N) is 2. The summed E-state index contributed by atoms with van der Waals surface area (Å²) in [5.41, 5.74) is 8.76. The van der Waals surface area contributed by atoms with Gasteiger partial charge in [-0.15, -0.1) is 24.0 Å². The van der Waals surface area contributed by atoms with Crippen LogP contribution in [0.25, 0.3) is 0 Å². The van der Waals surface area contributed by atoms with Gasteiger partial charge >= 0.3 is 0 Å². The zero-order valence-electron chi connectivity index (χ0n) is 14.4. The molecule has 0 saturated carbocycles. The van der Waals surface area contributed by atoms with E-state index in [4.69, 9.17) is 5.73 Å². The maximum Gasteiger partial charge on any atom is 0.242 e. The summed E-state index contributed by atoms with van der Waals surface area (Å²) < 4.78 is 25.2. The fraction of sp³-hybridized carbons (Fsp3) is 0.235. The summed E-state index contributed by atoms with van der Waals surface area (Å²) in [5, 5.41) is 3.03. The summed E-state index contributed by atoms with van der Waals surface area (Å²) in [6.07, 6.45) is 0. The topological polar surface area (TPSA) is 87.8 Å². The minimum Gasteiger partial charge on any atom is -0.370 e. The van der Waals surface area contributed by atoms with Gasteiger partial charge in [-0.1, -0.05) is 24.3 Å². The molecule has 0 unspecified atom stereocenters. The van der Waals surface area contributed by atoms with Gasteiger partial charge in [0.05, 0.1) is 11.4 Å². The Morgan fingerprint density at radius 1 is 1.16 bits per heavy atom. The van der Waals surface area contributed by atoms with Crippen molar-refractivity contribution in [2.24, 2.45) is 10.7 Å². The van der Waals surface area contributed by atoms with Crippen LogP contribution in [-0.2, 0) is 16.6 Å². The number of aliphatic imine (C=N–C) groups is 1. The van der Waals surface area contributed by atoms with Crippen LogP contribution in [0.3, 0.4) is 0 Å². The lowest BCUT2D eigenvalue weighted by Crippen LogP contribution is -2.22. The highest BCUT2D eigenvalue weighted by Gasteiger charge is 2.16. The van der Waals surface area contributed by atoms with E-state index >= 15 is 0 Å². The van der Waals surface area contributed by atoms with E-state index in [9.17, 15) is 8.42 Å². The highest BCUT2D eigenvalue weighted by molar-refractivity contribution is 14.0. The number of benzene rings is 2. The molecule has 0 fully saturated rings. The van der Waals surface area contributed by atoms with Gasteiger partial charge in [0, 0.05) is 19.8 Å². The number of guanidine groups is 1. The maximum absolute atomic E-state index is 12.0. The first-order valence-corrected chi connectivity index (χ1v) is 8.88. The quantitative estimate of drug-likeness (QED) is 0.397. The number of hydrogen-bond acceptors (Lipinski definition) is 3. The van der Waals surface area contributed by atoms with Crippen LogP contribution in [0.4, 0.5) is 5.69 Å². The Bertz CT molecular complexity index is 834. The average Bonchev–Trinajstić information content (AvgIpc) is 2.53. The first kappa shape index (κ1) is 21.4. The Morgan fingerprint density at radius 2 is 1.80 bits per heavy atom. The van der Waals surface area contributed by atoms with Crippen molar-refractivity contribution in [1.82, 2.24) is 4.31 Å². The molecule has 8 heteroatoms. The standard InChI is InChI=1S/C17H22N4O2S.HI/c1-13-5-4-6-15(11-13)20-17(18)19-12-14-7-9-16(10-8-14)24(22,23)21(2)3;/h4-11H,12H2,1-3H3,(H3,18,19,20);1H. The van der Waals surface area contributed by atoms with Crippen molar-refractivity contribution in [3.05, 3.63) is 59.7 Å². The van der Waals surface area contributed by atoms with E-state index in [1.807, 2.05) is 31.2 Å². The van der Waals surface area contributed by atoms with E-state index in [2.05, 4.69) is 10.3 Å². The summed E-state index contributed by atoms with van der Waals surface area (Å²) in [6, 6.07) is 14.4. The van der Waals surface area contributed by atoms with Crippen molar-refractivity contribution in [3.63, 3.8) is 0 Å². The summed E-state index contributed by atoms with van der Waals surface area (Å²) in [7, 11) is -0.399. The van der Waals surface area contributed by atoms with E-state index < -0.39 is 10.0 Å². The Labute approximate surface area is 166 Å². The highest BCUT2D eigenvalue weighted by atomic mass is 127. The maximum atomic E-state index is 12.0. The number of aryl methyl sites for hydroxylation is 1. The fourth-order valence-corrected chi connectivity index (χ4v) is 2.97. The molecule has 0 heterocycles. The molecular weight excluding hydrogens is 451 g/mol. The van der Waals surface area contributed by atoms with E-state index in [0.717, 1.165) is 16.8 Å². The molecule has 136 valence electrons. The summed E-state index contributed by atoms with van der Waals surface area (Å²) in [4.78, 5) is 4.53. The van der Waals surface area contributed by atoms with E-state index in [1.54, 1.807) is 24.3 Å². The molecule has 2 rings (SSSR count). The van der Waals surface area contributed by atoms with Crippen LogP contribution in [0.5, 0.6) is 0 Å². The second kappa shape index (κ2) is 9.16. The number of nitrogens with two attached hydrogens (primary N) is 1. The second-order valence-corrected chi connectivity index (χ2v) is 7.78. The second-order valence-electron chi connectivity index (χ2n) is 5.63. The molecule has 2 aromatic rings. The molecule has 0 radical (unpaired) electrons. The van der Waals surface area contributed by atoms with Crippen LogP contribution in [0.2, 0.25) is 0 Å². The van der Waals surface area contributed by atoms with Crippen molar-refractivity contribution < 1.29 is 8.42 Å².